The highest BCUT2D eigenvalue weighted by molar-refractivity contribution is 7.89. The molecule has 2 aliphatic rings. The van der Waals surface area contributed by atoms with Gasteiger partial charge in [-0.2, -0.15) is 4.31 Å². The van der Waals surface area contributed by atoms with Crippen LogP contribution in [0.4, 0.5) is 8.78 Å². The third kappa shape index (κ3) is 5.48. The van der Waals surface area contributed by atoms with E-state index < -0.39 is 21.7 Å². The van der Waals surface area contributed by atoms with E-state index in [9.17, 15) is 22.0 Å². The van der Waals surface area contributed by atoms with Crippen molar-refractivity contribution in [1.29, 1.82) is 0 Å². The summed E-state index contributed by atoms with van der Waals surface area (Å²) in [6.45, 7) is 1.97. The fourth-order valence-corrected chi connectivity index (χ4v) is 6.73. The molecule has 1 saturated heterocycles. The minimum atomic E-state index is -3.94. The molecule has 0 spiro atoms. The molecule has 0 bridgehead atoms. The Morgan fingerprint density at radius 2 is 1.80 bits per heavy atom. The van der Waals surface area contributed by atoms with Crippen LogP contribution in [0.15, 0.2) is 27.6 Å². The molecule has 10 heteroatoms. The van der Waals surface area contributed by atoms with Crippen molar-refractivity contribution < 1.29 is 26.5 Å². The van der Waals surface area contributed by atoms with Crippen LogP contribution in [-0.4, -0.2) is 54.9 Å². The molecular weight excluding hydrogens is 476 g/mol. The molecule has 7 nitrogen and oxygen atoms in total. The second-order valence-electron chi connectivity index (χ2n) is 9.38. The van der Waals surface area contributed by atoms with E-state index in [1.54, 1.807) is 0 Å². The Morgan fingerprint density at radius 1 is 1.11 bits per heavy atom. The van der Waals surface area contributed by atoms with Crippen molar-refractivity contribution in [1.82, 2.24) is 14.4 Å². The fourth-order valence-electron chi connectivity index (χ4n) is 5.01. The van der Waals surface area contributed by atoms with Gasteiger partial charge in [0, 0.05) is 43.7 Å². The summed E-state index contributed by atoms with van der Waals surface area (Å²) in [5, 5.41) is 3.80. The standard InChI is InChI=1S/C25H31F2N3O4S/c1-17-24(23(34-28-17)11-9-18-8-10-20(26)16-22(18)27)35(32,33)30-14-12-19(13-15-30)25(31)29(2)21-6-4-3-5-7-21/h8-11,16,19,21H,3-7,12-15H2,1-2H3. The van der Waals surface area contributed by atoms with Gasteiger partial charge in [-0.25, -0.2) is 17.2 Å². The number of amides is 1. The summed E-state index contributed by atoms with van der Waals surface area (Å²) >= 11 is 0. The number of carbonyl (C=O) groups is 1. The number of hydrogen-bond donors (Lipinski definition) is 0. The van der Waals surface area contributed by atoms with Crippen molar-refractivity contribution in [2.75, 3.05) is 20.1 Å². The lowest BCUT2D eigenvalue weighted by Gasteiger charge is -2.36. The van der Waals surface area contributed by atoms with Gasteiger partial charge in [0.2, 0.25) is 15.9 Å². The van der Waals surface area contributed by atoms with Gasteiger partial charge in [-0.05, 0) is 56.9 Å². The number of piperidine rings is 1. The second kappa shape index (κ2) is 10.6. The Kier molecular flexibility index (Phi) is 7.70. The van der Waals surface area contributed by atoms with Gasteiger partial charge in [-0.3, -0.25) is 4.79 Å². The number of sulfonamides is 1. The normalized spacial score (nSPS) is 18.9. The predicted molar refractivity (Wildman–Crippen MR) is 128 cm³/mol. The largest absolute Gasteiger partial charge is 0.355 e. The van der Waals surface area contributed by atoms with E-state index in [0.29, 0.717) is 12.8 Å². The van der Waals surface area contributed by atoms with Gasteiger partial charge < -0.3 is 9.42 Å². The molecule has 35 heavy (non-hydrogen) atoms. The molecule has 1 amide bonds. The average Bonchev–Trinajstić information content (AvgIpc) is 3.24. The smallest absolute Gasteiger partial charge is 0.248 e. The van der Waals surface area contributed by atoms with Crippen molar-refractivity contribution >= 4 is 28.1 Å². The lowest BCUT2D eigenvalue weighted by atomic mass is 9.91. The van der Waals surface area contributed by atoms with Crippen LogP contribution in [0, 0.1) is 24.5 Å². The highest BCUT2D eigenvalue weighted by Gasteiger charge is 2.37. The first-order chi connectivity index (χ1) is 16.7. The maximum Gasteiger partial charge on any atom is 0.248 e. The molecule has 4 rings (SSSR count). The molecule has 2 fully saturated rings. The van der Waals surface area contributed by atoms with Crippen molar-refractivity contribution in [3.8, 4) is 0 Å². The van der Waals surface area contributed by atoms with E-state index in [2.05, 4.69) is 5.16 Å². The Labute approximate surface area is 204 Å². The van der Waals surface area contributed by atoms with Crippen LogP contribution in [0.1, 0.15) is 62.0 Å². The molecule has 1 saturated carbocycles. The van der Waals surface area contributed by atoms with E-state index in [4.69, 9.17) is 4.52 Å². The Balaban J connectivity index is 1.46. The second-order valence-corrected chi connectivity index (χ2v) is 11.3. The summed E-state index contributed by atoms with van der Waals surface area (Å²) in [5.41, 5.74) is 0.282. The van der Waals surface area contributed by atoms with E-state index in [1.807, 2.05) is 11.9 Å². The van der Waals surface area contributed by atoms with Gasteiger partial charge in [-0.15, -0.1) is 0 Å². The van der Waals surface area contributed by atoms with Crippen LogP contribution >= 0.6 is 0 Å². The summed E-state index contributed by atoms with van der Waals surface area (Å²) in [5.74, 6) is -1.60. The molecule has 1 aliphatic carbocycles. The van der Waals surface area contributed by atoms with Gasteiger partial charge in [0.05, 0.1) is 0 Å². The molecule has 0 atom stereocenters. The van der Waals surface area contributed by atoms with Crippen LogP contribution in [0.2, 0.25) is 0 Å². The SMILES string of the molecule is Cc1noc(C=Cc2ccc(F)cc2F)c1S(=O)(=O)N1CCC(C(=O)N(C)C2CCCCC2)CC1. The molecule has 2 aromatic rings. The number of carbonyl (C=O) groups excluding carboxylic acids is 1. The Bertz CT molecular complexity index is 1200. The molecule has 1 aromatic carbocycles. The van der Waals surface area contributed by atoms with Crippen LogP contribution < -0.4 is 0 Å². The molecular formula is C25H31F2N3O4S. The number of benzene rings is 1. The summed E-state index contributed by atoms with van der Waals surface area (Å²) < 4.78 is 60.6. The number of rotatable bonds is 6. The van der Waals surface area contributed by atoms with Crippen molar-refractivity contribution in [2.24, 2.45) is 5.92 Å². The number of aromatic nitrogens is 1. The zero-order valence-electron chi connectivity index (χ0n) is 20.0. The fraction of sp³-hybridized carbons (Fsp3) is 0.520. The average molecular weight is 508 g/mol. The summed E-state index contributed by atoms with van der Waals surface area (Å²) in [6.07, 6.45) is 9.09. The molecule has 1 aliphatic heterocycles. The Hall–Kier alpha value is -2.59. The van der Waals surface area contributed by atoms with Crippen LogP contribution in [0.25, 0.3) is 12.2 Å². The number of aryl methyl sites for hydroxylation is 1. The van der Waals surface area contributed by atoms with Gasteiger partial charge in [-0.1, -0.05) is 24.4 Å². The third-order valence-corrected chi connectivity index (χ3v) is 9.14. The predicted octanol–water partition coefficient (Wildman–Crippen LogP) is 4.62. The lowest BCUT2D eigenvalue weighted by molar-refractivity contribution is -0.138. The van der Waals surface area contributed by atoms with Gasteiger partial charge in [0.15, 0.2) is 10.7 Å². The number of nitrogens with zero attached hydrogens (tertiary/aromatic N) is 3. The van der Waals surface area contributed by atoms with E-state index in [0.717, 1.165) is 37.8 Å². The van der Waals surface area contributed by atoms with Gasteiger partial charge >= 0.3 is 0 Å². The first kappa shape index (κ1) is 25.5. The van der Waals surface area contributed by atoms with E-state index >= 15 is 0 Å². The zero-order chi connectivity index (χ0) is 25.2. The number of hydrogen-bond acceptors (Lipinski definition) is 5. The summed E-state index contributed by atoms with van der Waals surface area (Å²) in [7, 11) is -2.08. The third-order valence-electron chi connectivity index (χ3n) is 7.08. The highest BCUT2D eigenvalue weighted by atomic mass is 32.2. The minimum absolute atomic E-state index is 0.0264. The van der Waals surface area contributed by atoms with Gasteiger partial charge in [0.25, 0.3) is 0 Å². The van der Waals surface area contributed by atoms with Crippen molar-refractivity contribution in [2.45, 2.75) is 62.8 Å². The topological polar surface area (TPSA) is 83.7 Å². The van der Waals surface area contributed by atoms with Crippen LogP contribution in [-0.2, 0) is 14.8 Å². The monoisotopic (exact) mass is 507 g/mol. The van der Waals surface area contributed by atoms with Gasteiger partial charge in [0.1, 0.15) is 17.3 Å². The van der Waals surface area contributed by atoms with Crippen molar-refractivity contribution in [3.05, 3.63) is 46.9 Å². The zero-order valence-corrected chi connectivity index (χ0v) is 20.9. The first-order valence-electron chi connectivity index (χ1n) is 12.0. The molecule has 0 unspecified atom stereocenters. The molecule has 0 N–H and O–H groups in total. The van der Waals surface area contributed by atoms with Crippen LogP contribution in [0.5, 0.6) is 0 Å². The van der Waals surface area contributed by atoms with Crippen LogP contribution in [0.3, 0.4) is 0 Å². The maximum absolute atomic E-state index is 14.0. The lowest BCUT2D eigenvalue weighted by Crippen LogP contribution is -2.46. The molecule has 0 radical (unpaired) electrons. The van der Waals surface area contributed by atoms with E-state index in [-0.39, 0.29) is 52.9 Å². The quantitative estimate of drug-likeness (QED) is 0.570. The number of halogens is 2. The van der Waals surface area contributed by atoms with E-state index in [1.165, 1.54) is 35.9 Å². The first-order valence-corrected chi connectivity index (χ1v) is 13.5. The highest BCUT2D eigenvalue weighted by Crippen LogP contribution is 2.31. The molecule has 1 aromatic heterocycles. The molecule has 190 valence electrons. The Morgan fingerprint density at radius 3 is 2.46 bits per heavy atom. The molecule has 2 heterocycles. The summed E-state index contributed by atoms with van der Waals surface area (Å²) in [6, 6.07) is 3.39. The maximum atomic E-state index is 14.0. The van der Waals surface area contributed by atoms with Crippen molar-refractivity contribution in [3.63, 3.8) is 0 Å². The summed E-state index contributed by atoms with van der Waals surface area (Å²) in [4.78, 5) is 14.8. The minimum Gasteiger partial charge on any atom is -0.355 e.